The lowest BCUT2D eigenvalue weighted by molar-refractivity contribution is 0.0792. The zero-order valence-electron chi connectivity index (χ0n) is 15.1. The number of thiazole rings is 1. The lowest BCUT2D eigenvalue weighted by Crippen LogP contribution is -2.54. The Balaban J connectivity index is 1.25. The van der Waals surface area contributed by atoms with Gasteiger partial charge in [-0.2, -0.15) is 0 Å². The van der Waals surface area contributed by atoms with Gasteiger partial charge in [0.1, 0.15) is 5.82 Å². The van der Waals surface area contributed by atoms with E-state index >= 15 is 0 Å². The molecular formula is C20H23N5OS. The number of benzene rings is 1. The predicted molar refractivity (Wildman–Crippen MR) is 110 cm³/mol. The molecule has 2 atom stereocenters. The molecule has 7 heteroatoms. The van der Waals surface area contributed by atoms with Crippen molar-refractivity contribution in [3.8, 4) is 0 Å². The van der Waals surface area contributed by atoms with E-state index in [4.69, 9.17) is 4.98 Å². The van der Waals surface area contributed by atoms with Gasteiger partial charge in [0.25, 0.3) is 0 Å². The highest BCUT2D eigenvalue weighted by Crippen LogP contribution is 2.32. The third-order valence-corrected chi connectivity index (χ3v) is 6.67. The van der Waals surface area contributed by atoms with Crippen molar-refractivity contribution in [2.75, 3.05) is 49.1 Å². The van der Waals surface area contributed by atoms with E-state index in [1.165, 1.54) is 4.70 Å². The predicted octanol–water partition coefficient (Wildman–Crippen LogP) is 2.06. The largest absolute Gasteiger partial charge is 0.390 e. The smallest absolute Gasteiger partial charge is 0.186 e. The summed E-state index contributed by atoms with van der Waals surface area (Å²) in [6, 6.07) is 14.4. The van der Waals surface area contributed by atoms with Gasteiger partial charge in [0.15, 0.2) is 5.13 Å². The molecule has 6 nitrogen and oxygen atoms in total. The Morgan fingerprint density at radius 2 is 1.74 bits per heavy atom. The summed E-state index contributed by atoms with van der Waals surface area (Å²) in [7, 11) is 0. The zero-order valence-corrected chi connectivity index (χ0v) is 15.9. The average molecular weight is 382 g/mol. The molecule has 0 spiro atoms. The van der Waals surface area contributed by atoms with Crippen LogP contribution in [0.4, 0.5) is 10.9 Å². The van der Waals surface area contributed by atoms with Gasteiger partial charge in [-0.3, -0.25) is 4.90 Å². The SMILES string of the molecule is O[C@@H]1CN(c2nc3ccccc3s2)C[C@H]1N1CCN(c2ccccn2)CC1. The van der Waals surface area contributed by atoms with Crippen LogP contribution in [0, 0.1) is 0 Å². The van der Waals surface area contributed by atoms with Gasteiger partial charge in [-0.05, 0) is 24.3 Å². The number of aromatic nitrogens is 2. The van der Waals surface area contributed by atoms with Crippen LogP contribution in [0.1, 0.15) is 0 Å². The van der Waals surface area contributed by atoms with Crippen molar-refractivity contribution >= 4 is 32.5 Å². The lowest BCUT2D eigenvalue weighted by Gasteiger charge is -2.39. The molecule has 1 aromatic carbocycles. The van der Waals surface area contributed by atoms with Crippen molar-refractivity contribution in [3.63, 3.8) is 0 Å². The van der Waals surface area contributed by atoms with Crippen LogP contribution in [0.25, 0.3) is 10.2 Å². The highest BCUT2D eigenvalue weighted by Gasteiger charge is 2.37. The lowest BCUT2D eigenvalue weighted by atomic mass is 10.1. The molecule has 0 amide bonds. The summed E-state index contributed by atoms with van der Waals surface area (Å²) in [6.45, 7) is 5.29. The Morgan fingerprint density at radius 3 is 2.52 bits per heavy atom. The number of hydrogen-bond acceptors (Lipinski definition) is 7. The van der Waals surface area contributed by atoms with Gasteiger partial charge in [0.05, 0.1) is 22.4 Å². The van der Waals surface area contributed by atoms with E-state index in [-0.39, 0.29) is 12.1 Å². The second kappa shape index (κ2) is 7.07. The number of aliphatic hydroxyl groups is 1. The van der Waals surface area contributed by atoms with E-state index in [1.54, 1.807) is 11.3 Å². The van der Waals surface area contributed by atoms with Crippen molar-refractivity contribution in [2.24, 2.45) is 0 Å². The monoisotopic (exact) mass is 381 g/mol. The van der Waals surface area contributed by atoms with E-state index in [2.05, 4.69) is 37.9 Å². The summed E-state index contributed by atoms with van der Waals surface area (Å²) in [5.74, 6) is 1.04. The van der Waals surface area contributed by atoms with Crippen LogP contribution in [0.5, 0.6) is 0 Å². The molecule has 2 aliphatic rings. The number of piperazine rings is 1. The molecule has 3 aromatic rings. The van der Waals surface area contributed by atoms with Crippen LogP contribution in [-0.2, 0) is 0 Å². The van der Waals surface area contributed by atoms with Crippen LogP contribution < -0.4 is 9.80 Å². The van der Waals surface area contributed by atoms with Crippen molar-refractivity contribution in [1.29, 1.82) is 0 Å². The first kappa shape index (κ1) is 16.9. The number of nitrogens with zero attached hydrogens (tertiary/aromatic N) is 5. The molecule has 4 heterocycles. The molecule has 0 unspecified atom stereocenters. The standard InChI is InChI=1S/C20H23N5OS/c26-17-14-25(20-22-15-5-1-2-6-18(15)27-20)13-16(17)23-9-11-24(12-10-23)19-7-3-4-8-21-19/h1-8,16-17,26H,9-14H2/t16-,17-/m1/s1. The number of pyridine rings is 1. The van der Waals surface area contributed by atoms with E-state index in [0.29, 0.717) is 6.54 Å². The second-order valence-electron chi connectivity index (χ2n) is 7.21. The average Bonchev–Trinajstić information content (AvgIpc) is 3.32. The van der Waals surface area contributed by atoms with E-state index < -0.39 is 0 Å². The van der Waals surface area contributed by atoms with Crippen LogP contribution in [0.15, 0.2) is 48.7 Å². The topological polar surface area (TPSA) is 55.7 Å². The first-order valence-electron chi connectivity index (χ1n) is 9.46. The Morgan fingerprint density at radius 1 is 0.926 bits per heavy atom. The molecule has 0 aliphatic carbocycles. The Kier molecular flexibility index (Phi) is 4.43. The zero-order chi connectivity index (χ0) is 18.2. The molecule has 2 aliphatic heterocycles. The molecule has 2 fully saturated rings. The van der Waals surface area contributed by atoms with Gasteiger partial charge in [-0.1, -0.05) is 29.5 Å². The van der Waals surface area contributed by atoms with Crippen LogP contribution in [0.2, 0.25) is 0 Å². The third-order valence-electron chi connectivity index (χ3n) is 5.57. The normalized spacial score (nSPS) is 24.0. The van der Waals surface area contributed by atoms with Gasteiger partial charge in [-0.15, -0.1) is 0 Å². The minimum atomic E-state index is -0.335. The Hall–Kier alpha value is -2.22. The molecule has 27 heavy (non-hydrogen) atoms. The summed E-state index contributed by atoms with van der Waals surface area (Å²) >= 11 is 1.71. The van der Waals surface area contributed by atoms with E-state index in [0.717, 1.165) is 49.2 Å². The number of para-hydroxylation sites is 1. The highest BCUT2D eigenvalue weighted by atomic mass is 32.1. The molecule has 2 aromatic heterocycles. The van der Waals surface area contributed by atoms with Gasteiger partial charge in [0.2, 0.25) is 0 Å². The number of anilines is 2. The fourth-order valence-corrected chi connectivity index (χ4v) is 5.09. The fraction of sp³-hybridized carbons (Fsp3) is 0.400. The van der Waals surface area contributed by atoms with Crippen LogP contribution >= 0.6 is 11.3 Å². The molecule has 140 valence electrons. The Labute approximate surface area is 162 Å². The number of β-amino-alcohol motifs (C(OH)–C–C–N with tert-alkyl or cyclic N) is 1. The Bertz CT molecular complexity index is 876. The van der Waals surface area contributed by atoms with E-state index in [1.807, 2.05) is 30.5 Å². The van der Waals surface area contributed by atoms with Gasteiger partial charge in [0, 0.05) is 45.5 Å². The van der Waals surface area contributed by atoms with Crippen molar-refractivity contribution < 1.29 is 5.11 Å². The van der Waals surface area contributed by atoms with Gasteiger partial charge in [-0.25, -0.2) is 9.97 Å². The summed E-state index contributed by atoms with van der Waals surface area (Å²) < 4.78 is 1.20. The first-order valence-corrected chi connectivity index (χ1v) is 10.3. The molecule has 0 saturated carbocycles. The molecule has 0 radical (unpaired) electrons. The second-order valence-corrected chi connectivity index (χ2v) is 8.22. The molecule has 1 N–H and O–H groups in total. The van der Waals surface area contributed by atoms with Crippen molar-refractivity contribution in [2.45, 2.75) is 12.1 Å². The van der Waals surface area contributed by atoms with Gasteiger partial charge < -0.3 is 14.9 Å². The minimum absolute atomic E-state index is 0.169. The maximum absolute atomic E-state index is 10.7. The number of fused-ring (bicyclic) bond motifs is 1. The summed E-state index contributed by atoms with van der Waals surface area (Å²) in [5, 5.41) is 11.7. The maximum Gasteiger partial charge on any atom is 0.186 e. The maximum atomic E-state index is 10.7. The fourth-order valence-electron chi connectivity index (χ4n) is 4.10. The van der Waals surface area contributed by atoms with Crippen LogP contribution in [-0.4, -0.2) is 71.4 Å². The molecular weight excluding hydrogens is 358 g/mol. The van der Waals surface area contributed by atoms with E-state index in [9.17, 15) is 5.11 Å². The van der Waals surface area contributed by atoms with Gasteiger partial charge >= 0.3 is 0 Å². The number of rotatable bonds is 3. The summed E-state index contributed by atoms with van der Waals surface area (Å²) in [5.41, 5.74) is 1.04. The molecule has 0 bridgehead atoms. The summed E-state index contributed by atoms with van der Waals surface area (Å²) in [4.78, 5) is 16.2. The minimum Gasteiger partial charge on any atom is -0.390 e. The first-order chi connectivity index (χ1) is 13.3. The summed E-state index contributed by atoms with van der Waals surface area (Å²) in [6.07, 6.45) is 1.51. The highest BCUT2D eigenvalue weighted by molar-refractivity contribution is 7.22. The molecule has 5 rings (SSSR count). The number of hydrogen-bond donors (Lipinski definition) is 1. The quantitative estimate of drug-likeness (QED) is 0.750. The third kappa shape index (κ3) is 3.26. The number of aliphatic hydroxyl groups excluding tert-OH is 1. The van der Waals surface area contributed by atoms with Crippen molar-refractivity contribution in [3.05, 3.63) is 48.7 Å². The molecule has 2 saturated heterocycles. The van der Waals surface area contributed by atoms with Crippen LogP contribution in [0.3, 0.4) is 0 Å². The van der Waals surface area contributed by atoms with Crippen molar-refractivity contribution in [1.82, 2.24) is 14.9 Å².